The summed E-state index contributed by atoms with van der Waals surface area (Å²) in [6.45, 7) is 0.241. The van der Waals surface area contributed by atoms with Gasteiger partial charge < -0.3 is 0 Å². The van der Waals surface area contributed by atoms with E-state index in [-0.39, 0.29) is 12.5 Å². The smallest absolute Gasteiger partial charge is 0.266 e. The minimum absolute atomic E-state index is 0.164. The number of rotatable bonds is 5. The van der Waals surface area contributed by atoms with Crippen molar-refractivity contribution in [2.45, 2.75) is 6.54 Å². The molecule has 1 heterocycles. The van der Waals surface area contributed by atoms with Crippen LogP contribution in [0.15, 0.2) is 90.3 Å². The van der Waals surface area contributed by atoms with Crippen LogP contribution >= 0.6 is 0 Å². The number of aromatic nitrogens is 1. The number of nitrogens with zero attached hydrogens (tertiary/aromatic N) is 2. The van der Waals surface area contributed by atoms with Gasteiger partial charge in [0.05, 0.1) is 6.21 Å². The topological polar surface area (TPSA) is 45.3 Å². The molecule has 0 spiro atoms. The summed E-state index contributed by atoms with van der Waals surface area (Å²) >= 11 is 0. The molecule has 0 fully saturated rings. The minimum atomic E-state index is -0.164. The van der Waals surface area contributed by atoms with E-state index in [0.717, 1.165) is 11.1 Å². The van der Waals surface area contributed by atoms with E-state index in [9.17, 15) is 4.79 Å². The van der Waals surface area contributed by atoms with Crippen molar-refractivity contribution in [1.29, 1.82) is 0 Å². The number of nitrogens with one attached hydrogen (secondary N) is 1. The van der Waals surface area contributed by atoms with Crippen LogP contribution in [0.25, 0.3) is 11.1 Å². The molecule has 0 bridgehead atoms. The number of benzene rings is 2. The molecule has 3 rings (SSSR count). The molecule has 0 aliphatic rings. The van der Waals surface area contributed by atoms with Crippen LogP contribution in [0.1, 0.15) is 5.56 Å². The largest absolute Gasteiger partial charge is 0.305 e. The van der Waals surface area contributed by atoms with E-state index in [4.69, 9.17) is 0 Å². The first kappa shape index (κ1) is 15.6. The van der Waals surface area contributed by atoms with Crippen LogP contribution in [0.5, 0.6) is 0 Å². The number of carbonyl (C=O) groups excluding carboxylic acids is 1. The maximum absolute atomic E-state index is 11.8. The first-order chi connectivity index (χ1) is 11.8. The molecule has 0 radical (unpaired) electrons. The molecular weight excluding hydrogens is 298 g/mol. The molecule has 0 aliphatic carbocycles. The average molecular weight is 316 g/mol. The van der Waals surface area contributed by atoms with Crippen molar-refractivity contribution in [3.63, 3.8) is 0 Å². The standard InChI is InChI=1S/C20H17N3O/c24-20(16-23-13-5-2-6-14-23)22-21-15-17-9-11-19(12-10-17)18-7-3-1-4-8-18/h1-15H,16H2/p+1/b21-15-. The van der Waals surface area contributed by atoms with Crippen molar-refractivity contribution in [3.05, 3.63) is 90.8 Å². The SMILES string of the molecule is O=C(C[n+]1ccccc1)N/N=C\c1ccc(-c2ccccc2)cc1. The number of hydrogen-bond donors (Lipinski definition) is 1. The van der Waals surface area contributed by atoms with Gasteiger partial charge in [-0.1, -0.05) is 60.7 Å². The van der Waals surface area contributed by atoms with Crippen LogP contribution in [-0.2, 0) is 11.3 Å². The molecule has 1 aromatic heterocycles. The molecule has 118 valence electrons. The summed E-state index contributed by atoms with van der Waals surface area (Å²) in [4.78, 5) is 11.8. The fourth-order valence-electron chi connectivity index (χ4n) is 2.31. The summed E-state index contributed by atoms with van der Waals surface area (Å²) < 4.78 is 1.79. The Morgan fingerprint density at radius 3 is 2.21 bits per heavy atom. The number of hydrogen-bond acceptors (Lipinski definition) is 2. The lowest BCUT2D eigenvalue weighted by Gasteiger charge is -2.01. The quantitative estimate of drug-likeness (QED) is 0.439. The van der Waals surface area contributed by atoms with Crippen LogP contribution < -0.4 is 9.99 Å². The second-order valence-electron chi connectivity index (χ2n) is 5.33. The van der Waals surface area contributed by atoms with Gasteiger partial charge in [-0.15, -0.1) is 0 Å². The molecule has 4 nitrogen and oxygen atoms in total. The van der Waals surface area contributed by atoms with Gasteiger partial charge in [0.25, 0.3) is 0 Å². The third-order valence-electron chi connectivity index (χ3n) is 3.52. The Morgan fingerprint density at radius 1 is 0.875 bits per heavy atom. The Kier molecular flexibility index (Phi) is 5.10. The maximum Gasteiger partial charge on any atom is 0.305 e. The van der Waals surface area contributed by atoms with Gasteiger partial charge >= 0.3 is 5.91 Å². The zero-order valence-electron chi connectivity index (χ0n) is 13.2. The number of amides is 1. The van der Waals surface area contributed by atoms with Crippen molar-refractivity contribution in [1.82, 2.24) is 5.43 Å². The fourth-order valence-corrected chi connectivity index (χ4v) is 2.31. The molecule has 3 aromatic rings. The summed E-state index contributed by atoms with van der Waals surface area (Å²) in [6.07, 6.45) is 5.32. The van der Waals surface area contributed by atoms with Crippen molar-refractivity contribution in [3.8, 4) is 11.1 Å². The molecule has 24 heavy (non-hydrogen) atoms. The highest BCUT2D eigenvalue weighted by Gasteiger charge is 2.06. The molecule has 1 amide bonds. The first-order valence-corrected chi connectivity index (χ1v) is 7.73. The molecular formula is C20H18N3O+. The normalized spacial score (nSPS) is 10.7. The lowest BCUT2D eigenvalue weighted by atomic mass is 10.0. The molecule has 0 atom stereocenters. The van der Waals surface area contributed by atoms with E-state index in [1.807, 2.05) is 73.1 Å². The third-order valence-corrected chi connectivity index (χ3v) is 3.52. The first-order valence-electron chi connectivity index (χ1n) is 7.73. The van der Waals surface area contributed by atoms with E-state index in [0.29, 0.717) is 0 Å². The lowest BCUT2D eigenvalue weighted by molar-refractivity contribution is -0.684. The third kappa shape index (κ3) is 4.36. The van der Waals surface area contributed by atoms with E-state index in [2.05, 4.69) is 22.7 Å². The number of carbonyl (C=O) groups is 1. The Hall–Kier alpha value is -3.27. The Balaban J connectivity index is 1.56. The van der Waals surface area contributed by atoms with Crippen molar-refractivity contribution >= 4 is 12.1 Å². The predicted molar refractivity (Wildman–Crippen MR) is 94.3 cm³/mol. The monoisotopic (exact) mass is 316 g/mol. The van der Waals surface area contributed by atoms with Gasteiger partial charge in [-0.2, -0.15) is 9.67 Å². The lowest BCUT2D eigenvalue weighted by Crippen LogP contribution is -2.40. The molecule has 1 N–H and O–H groups in total. The Morgan fingerprint density at radius 2 is 1.50 bits per heavy atom. The van der Waals surface area contributed by atoms with Crippen molar-refractivity contribution < 1.29 is 9.36 Å². The highest BCUT2D eigenvalue weighted by molar-refractivity contribution is 5.83. The molecule has 2 aromatic carbocycles. The fraction of sp³-hybridized carbons (Fsp3) is 0.0500. The number of pyridine rings is 1. The number of hydrazone groups is 1. The van der Waals surface area contributed by atoms with Crippen molar-refractivity contribution in [2.24, 2.45) is 5.10 Å². The van der Waals surface area contributed by atoms with Crippen LogP contribution in [0.4, 0.5) is 0 Å². The Bertz CT molecular complexity index is 813. The van der Waals surface area contributed by atoms with E-state index >= 15 is 0 Å². The highest BCUT2D eigenvalue weighted by Crippen LogP contribution is 2.18. The van der Waals surface area contributed by atoms with Crippen LogP contribution in [-0.4, -0.2) is 12.1 Å². The molecule has 0 saturated heterocycles. The summed E-state index contributed by atoms with van der Waals surface area (Å²) in [5.74, 6) is -0.164. The molecule has 0 saturated carbocycles. The minimum Gasteiger partial charge on any atom is -0.266 e. The summed E-state index contributed by atoms with van der Waals surface area (Å²) in [7, 11) is 0. The summed E-state index contributed by atoms with van der Waals surface area (Å²) in [5, 5.41) is 4.00. The van der Waals surface area contributed by atoms with Crippen molar-refractivity contribution in [2.75, 3.05) is 0 Å². The average Bonchev–Trinajstić information content (AvgIpc) is 2.64. The van der Waals surface area contributed by atoms with Gasteiger partial charge in [0, 0.05) is 12.1 Å². The zero-order chi connectivity index (χ0) is 16.6. The zero-order valence-corrected chi connectivity index (χ0v) is 13.2. The van der Waals surface area contributed by atoms with E-state index in [1.54, 1.807) is 10.8 Å². The van der Waals surface area contributed by atoms with Crippen LogP contribution in [0.3, 0.4) is 0 Å². The second-order valence-corrected chi connectivity index (χ2v) is 5.33. The van der Waals surface area contributed by atoms with Gasteiger partial charge in [-0.25, -0.2) is 5.43 Å². The molecule has 0 aliphatic heterocycles. The van der Waals surface area contributed by atoms with Crippen LogP contribution in [0.2, 0.25) is 0 Å². The Labute approximate surface area is 141 Å². The molecule has 0 unspecified atom stereocenters. The maximum atomic E-state index is 11.8. The highest BCUT2D eigenvalue weighted by atomic mass is 16.2. The second kappa shape index (κ2) is 7.83. The van der Waals surface area contributed by atoms with Gasteiger partial charge in [0.15, 0.2) is 12.4 Å². The summed E-state index contributed by atoms with van der Waals surface area (Å²) in [5.41, 5.74) is 5.79. The van der Waals surface area contributed by atoms with Gasteiger partial charge in [-0.05, 0) is 16.7 Å². The predicted octanol–water partition coefficient (Wildman–Crippen LogP) is 2.79. The van der Waals surface area contributed by atoms with E-state index in [1.165, 1.54) is 5.56 Å². The van der Waals surface area contributed by atoms with E-state index < -0.39 is 0 Å². The molecule has 4 heteroatoms. The summed E-state index contributed by atoms with van der Waals surface area (Å²) in [6, 6.07) is 23.9. The van der Waals surface area contributed by atoms with Gasteiger partial charge in [-0.3, -0.25) is 4.79 Å². The van der Waals surface area contributed by atoms with Gasteiger partial charge in [0.2, 0.25) is 6.54 Å². The van der Waals surface area contributed by atoms with Crippen LogP contribution in [0, 0.1) is 0 Å². The van der Waals surface area contributed by atoms with Gasteiger partial charge in [0.1, 0.15) is 0 Å².